The molecule has 0 saturated heterocycles. The van der Waals surface area contributed by atoms with E-state index in [0.29, 0.717) is 5.82 Å². The lowest BCUT2D eigenvalue weighted by Gasteiger charge is -2.36. The van der Waals surface area contributed by atoms with E-state index in [4.69, 9.17) is 5.73 Å². The Hall–Kier alpha value is -1.42. The van der Waals surface area contributed by atoms with Crippen molar-refractivity contribution in [1.29, 1.82) is 0 Å². The standard InChI is InChI=1S/C14H23N3O/c1-9-7-10(2)16-11(8-9)17-12(18)13(3,4)14(5,6)15/h7-8H,15H2,1-6H3,(H,16,17,18). The molecule has 0 bridgehead atoms. The number of nitrogens with one attached hydrogen (secondary N) is 1. The molecule has 1 heterocycles. The number of nitrogens with two attached hydrogens (primary N) is 1. The van der Waals surface area contributed by atoms with Crippen LogP contribution in [0.25, 0.3) is 0 Å². The third kappa shape index (κ3) is 3.07. The van der Waals surface area contributed by atoms with Crippen LogP contribution in [0.1, 0.15) is 39.0 Å². The fraction of sp³-hybridized carbons (Fsp3) is 0.571. The average Bonchev–Trinajstić information content (AvgIpc) is 2.13. The Morgan fingerprint density at radius 2 is 1.78 bits per heavy atom. The lowest BCUT2D eigenvalue weighted by atomic mass is 9.74. The smallest absolute Gasteiger partial charge is 0.233 e. The van der Waals surface area contributed by atoms with Crippen LogP contribution in [0.15, 0.2) is 12.1 Å². The zero-order valence-electron chi connectivity index (χ0n) is 12.1. The zero-order valence-corrected chi connectivity index (χ0v) is 12.1. The van der Waals surface area contributed by atoms with Crippen molar-refractivity contribution in [2.45, 2.75) is 47.1 Å². The van der Waals surface area contributed by atoms with Gasteiger partial charge in [0.1, 0.15) is 5.82 Å². The molecule has 1 rings (SSSR count). The van der Waals surface area contributed by atoms with Gasteiger partial charge in [-0.15, -0.1) is 0 Å². The fourth-order valence-corrected chi connectivity index (χ4v) is 1.47. The molecule has 1 amide bonds. The first kappa shape index (κ1) is 14.6. The molecule has 0 aliphatic heterocycles. The van der Waals surface area contributed by atoms with Crippen molar-refractivity contribution in [3.8, 4) is 0 Å². The van der Waals surface area contributed by atoms with Crippen LogP contribution in [-0.2, 0) is 4.79 Å². The molecule has 4 nitrogen and oxygen atoms in total. The predicted molar refractivity (Wildman–Crippen MR) is 74.4 cm³/mol. The summed E-state index contributed by atoms with van der Waals surface area (Å²) in [5.41, 5.74) is 6.73. The molecule has 0 aliphatic carbocycles. The Bertz CT molecular complexity index is 438. The molecular weight excluding hydrogens is 226 g/mol. The van der Waals surface area contributed by atoms with Gasteiger partial charge >= 0.3 is 0 Å². The van der Waals surface area contributed by atoms with Gasteiger partial charge in [-0.3, -0.25) is 4.79 Å². The Kier molecular flexibility index (Phi) is 3.81. The minimum Gasteiger partial charge on any atom is -0.325 e. The van der Waals surface area contributed by atoms with E-state index in [0.717, 1.165) is 11.3 Å². The molecule has 4 heteroatoms. The third-order valence-corrected chi connectivity index (χ3v) is 3.52. The molecule has 0 spiro atoms. The zero-order chi connectivity index (χ0) is 14.1. The van der Waals surface area contributed by atoms with Crippen molar-refractivity contribution >= 4 is 11.7 Å². The highest BCUT2D eigenvalue weighted by Crippen LogP contribution is 2.29. The second kappa shape index (κ2) is 4.69. The Balaban J connectivity index is 2.95. The number of nitrogens with zero attached hydrogens (tertiary/aromatic N) is 1. The molecule has 100 valence electrons. The summed E-state index contributed by atoms with van der Waals surface area (Å²) in [5, 5.41) is 2.84. The number of hydrogen-bond donors (Lipinski definition) is 2. The minimum atomic E-state index is -0.674. The van der Waals surface area contributed by atoms with Gasteiger partial charge in [0.05, 0.1) is 5.41 Å². The van der Waals surface area contributed by atoms with Crippen molar-refractivity contribution in [2.75, 3.05) is 5.32 Å². The van der Waals surface area contributed by atoms with Crippen molar-refractivity contribution in [3.05, 3.63) is 23.4 Å². The van der Waals surface area contributed by atoms with Crippen molar-refractivity contribution in [2.24, 2.45) is 11.1 Å². The molecule has 0 atom stereocenters. The molecule has 0 unspecified atom stereocenters. The summed E-state index contributed by atoms with van der Waals surface area (Å²) in [6.07, 6.45) is 0. The predicted octanol–water partition coefficient (Wildman–Crippen LogP) is 2.40. The van der Waals surface area contributed by atoms with E-state index in [1.165, 1.54) is 0 Å². The summed E-state index contributed by atoms with van der Waals surface area (Å²) in [4.78, 5) is 16.6. The maximum atomic E-state index is 12.3. The summed E-state index contributed by atoms with van der Waals surface area (Å²) >= 11 is 0. The number of carbonyl (C=O) groups is 1. The van der Waals surface area contributed by atoms with Crippen LogP contribution < -0.4 is 11.1 Å². The van der Waals surface area contributed by atoms with Crippen LogP contribution in [0.4, 0.5) is 5.82 Å². The fourth-order valence-electron chi connectivity index (χ4n) is 1.47. The normalized spacial score (nSPS) is 12.4. The maximum Gasteiger partial charge on any atom is 0.233 e. The number of rotatable bonds is 3. The van der Waals surface area contributed by atoms with E-state index in [1.54, 1.807) is 0 Å². The van der Waals surface area contributed by atoms with E-state index in [9.17, 15) is 4.79 Å². The number of aryl methyl sites for hydroxylation is 2. The molecule has 0 aliphatic rings. The van der Waals surface area contributed by atoms with Crippen LogP contribution in [0.2, 0.25) is 0 Å². The lowest BCUT2D eigenvalue weighted by Crippen LogP contribution is -2.53. The van der Waals surface area contributed by atoms with Crippen LogP contribution in [-0.4, -0.2) is 16.4 Å². The highest BCUT2D eigenvalue weighted by Gasteiger charge is 2.40. The van der Waals surface area contributed by atoms with Gasteiger partial charge in [0.15, 0.2) is 0 Å². The minimum absolute atomic E-state index is 0.118. The monoisotopic (exact) mass is 249 g/mol. The number of carbonyl (C=O) groups excluding carboxylic acids is 1. The van der Waals surface area contributed by atoms with Gasteiger partial charge in [-0.1, -0.05) is 0 Å². The Morgan fingerprint density at radius 1 is 1.22 bits per heavy atom. The van der Waals surface area contributed by atoms with E-state index < -0.39 is 11.0 Å². The van der Waals surface area contributed by atoms with Crippen molar-refractivity contribution in [1.82, 2.24) is 4.98 Å². The van der Waals surface area contributed by atoms with Gasteiger partial charge in [0, 0.05) is 11.2 Å². The van der Waals surface area contributed by atoms with Crippen LogP contribution in [0.3, 0.4) is 0 Å². The Morgan fingerprint density at radius 3 is 2.22 bits per heavy atom. The summed E-state index contributed by atoms with van der Waals surface area (Å²) in [7, 11) is 0. The summed E-state index contributed by atoms with van der Waals surface area (Å²) in [6.45, 7) is 11.3. The average molecular weight is 249 g/mol. The number of anilines is 1. The number of hydrogen-bond acceptors (Lipinski definition) is 3. The van der Waals surface area contributed by atoms with Crippen LogP contribution in [0, 0.1) is 19.3 Å². The maximum absolute atomic E-state index is 12.3. The van der Waals surface area contributed by atoms with Gasteiger partial charge in [-0.25, -0.2) is 4.98 Å². The number of amides is 1. The largest absolute Gasteiger partial charge is 0.325 e. The second-order valence-corrected chi connectivity index (χ2v) is 5.97. The molecular formula is C14H23N3O. The first-order valence-electron chi connectivity index (χ1n) is 6.09. The summed E-state index contributed by atoms with van der Waals surface area (Å²) < 4.78 is 0. The Labute approximate surface area is 109 Å². The van der Waals surface area contributed by atoms with Gasteiger partial charge in [0.25, 0.3) is 0 Å². The summed E-state index contributed by atoms with van der Waals surface area (Å²) in [5.74, 6) is 0.460. The SMILES string of the molecule is Cc1cc(C)nc(NC(=O)C(C)(C)C(C)(C)N)c1. The van der Waals surface area contributed by atoms with Crippen molar-refractivity contribution < 1.29 is 4.79 Å². The van der Waals surface area contributed by atoms with Crippen LogP contribution >= 0.6 is 0 Å². The second-order valence-electron chi connectivity index (χ2n) is 5.97. The number of aromatic nitrogens is 1. The highest BCUT2D eigenvalue weighted by molar-refractivity contribution is 5.95. The molecule has 3 N–H and O–H groups in total. The molecule has 0 aromatic carbocycles. The van der Waals surface area contributed by atoms with Gasteiger partial charge in [0.2, 0.25) is 5.91 Å². The number of pyridine rings is 1. The van der Waals surface area contributed by atoms with E-state index >= 15 is 0 Å². The first-order chi connectivity index (χ1) is 8.04. The molecule has 1 aromatic rings. The topological polar surface area (TPSA) is 68.0 Å². The third-order valence-electron chi connectivity index (χ3n) is 3.52. The van der Waals surface area contributed by atoms with Gasteiger partial charge < -0.3 is 11.1 Å². The molecule has 1 aromatic heterocycles. The molecule has 0 radical (unpaired) electrons. The highest BCUT2D eigenvalue weighted by atomic mass is 16.2. The van der Waals surface area contributed by atoms with Crippen molar-refractivity contribution in [3.63, 3.8) is 0 Å². The van der Waals surface area contributed by atoms with Gasteiger partial charge in [-0.2, -0.15) is 0 Å². The van der Waals surface area contributed by atoms with E-state index in [1.807, 2.05) is 53.7 Å². The van der Waals surface area contributed by atoms with E-state index in [-0.39, 0.29) is 5.91 Å². The molecule has 0 fully saturated rings. The molecule has 0 saturated carbocycles. The van der Waals surface area contributed by atoms with Gasteiger partial charge in [-0.05, 0) is 59.2 Å². The quantitative estimate of drug-likeness (QED) is 0.864. The van der Waals surface area contributed by atoms with Crippen LogP contribution in [0.5, 0.6) is 0 Å². The first-order valence-corrected chi connectivity index (χ1v) is 6.09. The van der Waals surface area contributed by atoms with E-state index in [2.05, 4.69) is 10.3 Å². The molecule has 18 heavy (non-hydrogen) atoms. The summed E-state index contributed by atoms with van der Waals surface area (Å²) in [6, 6.07) is 3.82. The lowest BCUT2D eigenvalue weighted by molar-refractivity contribution is -0.126.